The van der Waals surface area contributed by atoms with Crippen molar-refractivity contribution in [2.24, 2.45) is 5.41 Å². The summed E-state index contributed by atoms with van der Waals surface area (Å²) in [7, 11) is 1.71. The molecule has 3 rings (SSSR count). The van der Waals surface area contributed by atoms with E-state index in [0.717, 1.165) is 0 Å². The van der Waals surface area contributed by atoms with Crippen molar-refractivity contribution in [3.05, 3.63) is 58.5 Å². The van der Waals surface area contributed by atoms with Gasteiger partial charge in [-0.25, -0.2) is 9.07 Å². The molecule has 0 spiro atoms. The second-order valence-corrected chi connectivity index (χ2v) is 7.28. The maximum atomic E-state index is 13.9. The standard InChI is InChI=1S/C19H20ClF4N3O/c1-25-10-15-9-17(28-11-13-8-14(20)4-5-16(13)21)27(26-15)12-18(19(22,23)24)6-2-3-7-18/h2-5,8-9,25H,6-7,10-12H2,1H3. The summed E-state index contributed by atoms with van der Waals surface area (Å²) in [5.74, 6) is -0.349. The second kappa shape index (κ2) is 8.13. The van der Waals surface area contributed by atoms with Crippen molar-refractivity contribution in [3.63, 3.8) is 0 Å². The highest BCUT2D eigenvalue weighted by Crippen LogP contribution is 2.49. The van der Waals surface area contributed by atoms with Crippen LogP contribution < -0.4 is 10.1 Å². The van der Waals surface area contributed by atoms with Gasteiger partial charge >= 0.3 is 6.18 Å². The van der Waals surface area contributed by atoms with Gasteiger partial charge in [0.1, 0.15) is 12.4 Å². The van der Waals surface area contributed by atoms with Gasteiger partial charge in [0.2, 0.25) is 5.88 Å². The quantitative estimate of drug-likeness (QED) is 0.516. The molecule has 0 unspecified atom stereocenters. The number of halogens is 5. The third-order valence-electron chi connectivity index (χ3n) is 4.77. The number of nitrogens with one attached hydrogen (secondary N) is 1. The van der Waals surface area contributed by atoms with Crippen molar-refractivity contribution < 1.29 is 22.3 Å². The van der Waals surface area contributed by atoms with Crippen LogP contribution in [0.2, 0.25) is 5.02 Å². The first-order chi connectivity index (χ1) is 13.2. The number of ether oxygens (including phenoxy) is 1. The van der Waals surface area contributed by atoms with E-state index in [1.807, 2.05) is 0 Å². The molecule has 1 N–H and O–H groups in total. The zero-order valence-electron chi connectivity index (χ0n) is 15.2. The fourth-order valence-corrected chi connectivity index (χ4v) is 3.39. The fourth-order valence-electron chi connectivity index (χ4n) is 3.19. The Morgan fingerprint density at radius 1 is 1.25 bits per heavy atom. The van der Waals surface area contributed by atoms with Gasteiger partial charge in [-0.1, -0.05) is 23.8 Å². The molecule has 1 aromatic heterocycles. The SMILES string of the molecule is CNCc1cc(OCc2cc(Cl)ccc2F)n(CC2(C(F)(F)F)CC=CC2)n1. The summed E-state index contributed by atoms with van der Waals surface area (Å²) in [6.07, 6.45) is -1.54. The van der Waals surface area contributed by atoms with E-state index >= 15 is 0 Å². The van der Waals surface area contributed by atoms with Gasteiger partial charge in [0.05, 0.1) is 17.7 Å². The molecule has 0 saturated carbocycles. The molecule has 4 nitrogen and oxygen atoms in total. The normalized spacial score (nSPS) is 15.9. The highest BCUT2D eigenvalue weighted by atomic mass is 35.5. The Hall–Kier alpha value is -2.06. The summed E-state index contributed by atoms with van der Waals surface area (Å²) in [6, 6.07) is 5.61. The van der Waals surface area contributed by atoms with Crippen LogP contribution in [0.4, 0.5) is 17.6 Å². The minimum atomic E-state index is -4.39. The molecule has 0 fully saturated rings. The van der Waals surface area contributed by atoms with E-state index in [-0.39, 0.29) is 37.4 Å². The maximum absolute atomic E-state index is 13.9. The summed E-state index contributed by atoms with van der Waals surface area (Å²) >= 11 is 5.88. The summed E-state index contributed by atoms with van der Waals surface area (Å²) in [5.41, 5.74) is -1.18. The lowest BCUT2D eigenvalue weighted by Crippen LogP contribution is -2.40. The Morgan fingerprint density at radius 3 is 2.61 bits per heavy atom. The first kappa shape index (κ1) is 20.7. The van der Waals surface area contributed by atoms with Gasteiger partial charge in [-0.2, -0.15) is 18.3 Å². The molecule has 1 aromatic carbocycles. The average molecular weight is 418 g/mol. The van der Waals surface area contributed by atoms with Gasteiger partial charge < -0.3 is 10.1 Å². The summed E-state index contributed by atoms with van der Waals surface area (Å²) < 4.78 is 62.0. The first-order valence-corrected chi connectivity index (χ1v) is 9.12. The van der Waals surface area contributed by atoms with Crippen molar-refractivity contribution in [1.29, 1.82) is 0 Å². The number of allylic oxidation sites excluding steroid dienone is 2. The Kier molecular flexibility index (Phi) is 6.00. The van der Waals surface area contributed by atoms with Gasteiger partial charge in [-0.3, -0.25) is 0 Å². The number of rotatable bonds is 7. The monoisotopic (exact) mass is 417 g/mol. The molecule has 152 valence electrons. The summed E-state index contributed by atoms with van der Waals surface area (Å²) in [4.78, 5) is 0. The number of aromatic nitrogens is 2. The van der Waals surface area contributed by atoms with E-state index in [2.05, 4.69) is 10.4 Å². The van der Waals surface area contributed by atoms with Gasteiger partial charge in [-0.05, 0) is 38.1 Å². The molecule has 1 heterocycles. The smallest absolute Gasteiger partial charge is 0.396 e. The van der Waals surface area contributed by atoms with E-state index in [4.69, 9.17) is 16.3 Å². The molecular weight excluding hydrogens is 398 g/mol. The summed E-state index contributed by atoms with van der Waals surface area (Å²) in [5, 5.41) is 7.51. The van der Waals surface area contributed by atoms with E-state index in [1.165, 1.54) is 35.0 Å². The van der Waals surface area contributed by atoms with E-state index < -0.39 is 17.4 Å². The number of alkyl halides is 3. The Balaban J connectivity index is 1.85. The van der Waals surface area contributed by atoms with Crippen LogP contribution in [0.1, 0.15) is 24.1 Å². The Labute approximate surface area is 165 Å². The van der Waals surface area contributed by atoms with Gasteiger partial charge in [0.25, 0.3) is 0 Å². The molecule has 0 atom stereocenters. The molecule has 28 heavy (non-hydrogen) atoms. The molecule has 0 radical (unpaired) electrons. The van der Waals surface area contributed by atoms with E-state index in [1.54, 1.807) is 13.1 Å². The molecule has 2 aromatic rings. The predicted molar refractivity (Wildman–Crippen MR) is 97.6 cm³/mol. The molecule has 1 aliphatic rings. The molecular formula is C19H20ClF4N3O. The van der Waals surface area contributed by atoms with Gasteiger partial charge in [0, 0.05) is 23.2 Å². The van der Waals surface area contributed by atoms with Crippen molar-refractivity contribution in [2.75, 3.05) is 7.05 Å². The number of benzene rings is 1. The highest BCUT2D eigenvalue weighted by Gasteiger charge is 2.55. The van der Waals surface area contributed by atoms with E-state index in [0.29, 0.717) is 17.3 Å². The second-order valence-electron chi connectivity index (χ2n) is 6.84. The molecule has 0 amide bonds. The third-order valence-corrected chi connectivity index (χ3v) is 5.01. The summed E-state index contributed by atoms with van der Waals surface area (Å²) in [6.45, 7) is -0.179. The Bertz CT molecular complexity index is 855. The molecule has 1 aliphatic carbocycles. The van der Waals surface area contributed by atoms with Crippen molar-refractivity contribution in [1.82, 2.24) is 15.1 Å². The largest absolute Gasteiger partial charge is 0.473 e. The van der Waals surface area contributed by atoms with Crippen LogP contribution in [0.15, 0.2) is 36.4 Å². The minimum Gasteiger partial charge on any atom is -0.473 e. The third kappa shape index (κ3) is 4.33. The van der Waals surface area contributed by atoms with Crippen LogP contribution >= 0.6 is 11.6 Å². The molecule has 0 saturated heterocycles. The lowest BCUT2D eigenvalue weighted by atomic mass is 9.84. The number of hydrogen-bond donors (Lipinski definition) is 1. The van der Waals surface area contributed by atoms with Crippen LogP contribution in [0, 0.1) is 11.2 Å². The number of hydrogen-bond acceptors (Lipinski definition) is 3. The lowest BCUT2D eigenvalue weighted by Gasteiger charge is -2.31. The predicted octanol–water partition coefficient (Wildman–Crippen LogP) is 4.87. The van der Waals surface area contributed by atoms with Crippen molar-refractivity contribution in [3.8, 4) is 5.88 Å². The lowest BCUT2D eigenvalue weighted by molar-refractivity contribution is -0.226. The van der Waals surface area contributed by atoms with E-state index in [9.17, 15) is 17.6 Å². The zero-order valence-corrected chi connectivity index (χ0v) is 15.9. The highest BCUT2D eigenvalue weighted by molar-refractivity contribution is 6.30. The first-order valence-electron chi connectivity index (χ1n) is 8.74. The number of nitrogens with zero attached hydrogens (tertiary/aromatic N) is 2. The Morgan fingerprint density at radius 2 is 1.96 bits per heavy atom. The van der Waals surface area contributed by atoms with Crippen molar-refractivity contribution >= 4 is 11.6 Å². The van der Waals surface area contributed by atoms with Crippen LogP contribution in [-0.4, -0.2) is 23.0 Å². The van der Waals surface area contributed by atoms with Crippen molar-refractivity contribution in [2.45, 2.75) is 38.7 Å². The maximum Gasteiger partial charge on any atom is 0.396 e. The zero-order chi connectivity index (χ0) is 20.4. The fraction of sp³-hybridized carbons (Fsp3) is 0.421. The van der Waals surface area contributed by atoms with Crippen LogP contribution in [0.3, 0.4) is 0 Å². The molecule has 0 aliphatic heterocycles. The van der Waals surface area contributed by atoms with Crippen LogP contribution in [0.5, 0.6) is 5.88 Å². The topological polar surface area (TPSA) is 39.1 Å². The van der Waals surface area contributed by atoms with Crippen LogP contribution in [-0.2, 0) is 19.7 Å². The van der Waals surface area contributed by atoms with Crippen LogP contribution in [0.25, 0.3) is 0 Å². The van der Waals surface area contributed by atoms with Gasteiger partial charge in [0.15, 0.2) is 0 Å². The molecule has 9 heteroatoms. The minimum absolute atomic E-state index is 0.111. The van der Waals surface area contributed by atoms with Gasteiger partial charge in [-0.15, -0.1) is 0 Å². The average Bonchev–Trinajstić information content (AvgIpc) is 3.24. The molecule has 0 bridgehead atoms.